The van der Waals surface area contributed by atoms with Gasteiger partial charge in [0, 0.05) is 18.8 Å². The molecule has 0 aliphatic carbocycles. The molecule has 202 valence electrons. The largest absolute Gasteiger partial charge is 0.489 e. The van der Waals surface area contributed by atoms with Crippen molar-refractivity contribution in [1.82, 2.24) is 0 Å². The molecule has 0 N–H and O–H groups in total. The van der Waals surface area contributed by atoms with Gasteiger partial charge in [-0.25, -0.2) is 0 Å². The smallest absolute Gasteiger partial charge is 0.189 e. The number of ether oxygens (including phenoxy) is 2. The number of hydrogen-bond acceptors (Lipinski definition) is 4. The zero-order valence-electron chi connectivity index (χ0n) is 24.1. The molecule has 4 heteroatoms. The minimum atomic E-state index is -0.508. The van der Waals surface area contributed by atoms with Crippen molar-refractivity contribution in [3.8, 4) is 11.5 Å². The summed E-state index contributed by atoms with van der Waals surface area (Å²) in [5, 5.41) is 0. The number of hydrogen-bond donors (Lipinski definition) is 0. The van der Waals surface area contributed by atoms with E-state index in [1.54, 1.807) is 6.08 Å². The molecule has 1 aliphatic heterocycles. The van der Waals surface area contributed by atoms with Crippen LogP contribution in [-0.2, 0) is 0 Å². The first-order valence-electron chi connectivity index (χ1n) is 13.7. The molecule has 1 heterocycles. The molecule has 0 aromatic heterocycles. The fourth-order valence-corrected chi connectivity index (χ4v) is 4.36. The second-order valence-electron chi connectivity index (χ2n) is 10.5. The summed E-state index contributed by atoms with van der Waals surface area (Å²) in [5.41, 5.74) is 5.64. The Balaban J connectivity index is 1.77. The molecular formula is C34H43NO3. The van der Waals surface area contributed by atoms with E-state index in [1.807, 2.05) is 56.3 Å². The maximum absolute atomic E-state index is 13.3. The minimum Gasteiger partial charge on any atom is -0.489 e. The third-order valence-electron chi connectivity index (χ3n) is 6.65. The third-order valence-corrected chi connectivity index (χ3v) is 6.65. The Morgan fingerprint density at radius 2 is 1.71 bits per heavy atom. The van der Waals surface area contributed by atoms with Gasteiger partial charge in [-0.15, -0.1) is 0 Å². The summed E-state index contributed by atoms with van der Waals surface area (Å²) in [7, 11) is 0. The number of anilines is 1. The normalized spacial score (nSPS) is 14.1. The Kier molecular flexibility index (Phi) is 10.2. The molecule has 0 amide bonds. The molecule has 1 aliphatic rings. The van der Waals surface area contributed by atoms with Crippen LogP contribution in [0.3, 0.4) is 0 Å². The highest BCUT2D eigenvalue weighted by Crippen LogP contribution is 2.40. The van der Waals surface area contributed by atoms with Gasteiger partial charge in [-0.1, -0.05) is 35.4 Å². The van der Waals surface area contributed by atoms with Gasteiger partial charge in [-0.05, 0) is 115 Å². The average Bonchev–Trinajstić information content (AvgIpc) is 2.88. The van der Waals surface area contributed by atoms with Gasteiger partial charge in [-0.3, -0.25) is 4.79 Å². The lowest BCUT2D eigenvalue weighted by atomic mass is 9.97. The van der Waals surface area contributed by atoms with Crippen LogP contribution in [0, 0.1) is 0 Å². The van der Waals surface area contributed by atoms with E-state index in [4.69, 9.17) is 9.47 Å². The highest BCUT2D eigenvalue weighted by molar-refractivity contribution is 6.09. The molecular weight excluding hydrogens is 470 g/mol. The average molecular weight is 514 g/mol. The van der Waals surface area contributed by atoms with E-state index in [0.29, 0.717) is 23.7 Å². The summed E-state index contributed by atoms with van der Waals surface area (Å²) in [5.74, 6) is 1.19. The summed E-state index contributed by atoms with van der Waals surface area (Å²) >= 11 is 0. The number of ketones is 1. The van der Waals surface area contributed by atoms with Crippen molar-refractivity contribution < 1.29 is 14.3 Å². The van der Waals surface area contributed by atoms with Crippen molar-refractivity contribution in [2.45, 2.75) is 66.9 Å². The predicted molar refractivity (Wildman–Crippen MR) is 161 cm³/mol. The highest BCUT2D eigenvalue weighted by atomic mass is 16.5. The van der Waals surface area contributed by atoms with Crippen LogP contribution in [0.15, 0.2) is 71.8 Å². The Morgan fingerprint density at radius 3 is 2.37 bits per heavy atom. The number of nitrogens with zero attached hydrogens (tertiary/aromatic N) is 1. The highest BCUT2D eigenvalue weighted by Gasteiger charge is 2.28. The van der Waals surface area contributed by atoms with Crippen LogP contribution < -0.4 is 14.4 Å². The van der Waals surface area contributed by atoms with Crippen molar-refractivity contribution >= 4 is 23.6 Å². The first-order chi connectivity index (χ1) is 18.1. The molecule has 0 unspecified atom stereocenters. The topological polar surface area (TPSA) is 38.8 Å². The molecule has 4 nitrogen and oxygen atoms in total. The summed E-state index contributed by atoms with van der Waals surface area (Å²) in [6.45, 7) is 17.0. The maximum atomic E-state index is 13.3. The first-order valence-corrected chi connectivity index (χ1v) is 13.7. The lowest BCUT2D eigenvalue weighted by Crippen LogP contribution is -2.28. The molecule has 0 atom stereocenters. The molecule has 0 spiro atoms. The Bertz CT molecular complexity index is 1220. The van der Waals surface area contributed by atoms with Crippen LogP contribution in [0.5, 0.6) is 11.5 Å². The van der Waals surface area contributed by atoms with E-state index in [9.17, 15) is 4.79 Å². The van der Waals surface area contributed by atoms with Gasteiger partial charge in [-0.2, -0.15) is 0 Å². The zero-order valence-corrected chi connectivity index (χ0v) is 24.1. The zero-order chi connectivity index (χ0) is 27.7. The van der Waals surface area contributed by atoms with Crippen LogP contribution in [0.4, 0.5) is 5.69 Å². The molecule has 2 aromatic carbocycles. The van der Waals surface area contributed by atoms with E-state index in [1.165, 1.54) is 16.8 Å². The Morgan fingerprint density at radius 1 is 1.00 bits per heavy atom. The molecule has 0 fully saturated rings. The molecule has 2 aromatic rings. The molecule has 0 saturated heterocycles. The molecule has 3 rings (SSSR count). The van der Waals surface area contributed by atoms with Gasteiger partial charge < -0.3 is 14.4 Å². The number of allylic oxidation sites excluding steroid dienone is 4. The fraction of sp³-hybridized carbons (Fsp3) is 0.382. The van der Waals surface area contributed by atoms with Gasteiger partial charge >= 0.3 is 0 Å². The first kappa shape index (κ1) is 29.0. The minimum absolute atomic E-state index is 0.0956. The van der Waals surface area contributed by atoms with Gasteiger partial charge in [0.05, 0.1) is 11.1 Å². The van der Waals surface area contributed by atoms with Crippen molar-refractivity contribution in [2.75, 3.05) is 24.6 Å². The van der Waals surface area contributed by atoms with Crippen LogP contribution >= 0.6 is 0 Å². The number of benzene rings is 2. The third kappa shape index (κ3) is 7.98. The van der Waals surface area contributed by atoms with E-state index >= 15 is 0 Å². The van der Waals surface area contributed by atoms with Crippen molar-refractivity contribution in [3.05, 3.63) is 88.5 Å². The standard InChI is InChI=1S/C34H43NO3/c1-8-35(9-2)28-16-13-27(14-17-28)15-19-31(36)29-18-20-32(30-21-23-34(6,7)38-33(29)30)37-24-22-26(5)12-10-11-25(3)4/h11,13-23H,8-10,12,24H2,1-7H3. The number of rotatable bonds is 12. The van der Waals surface area contributed by atoms with Crippen molar-refractivity contribution in [2.24, 2.45) is 0 Å². The predicted octanol–water partition coefficient (Wildman–Crippen LogP) is 8.68. The molecule has 0 bridgehead atoms. The second-order valence-corrected chi connectivity index (χ2v) is 10.5. The summed E-state index contributed by atoms with van der Waals surface area (Å²) in [6, 6.07) is 12.0. The second kappa shape index (κ2) is 13.3. The van der Waals surface area contributed by atoms with Gasteiger partial charge in [0.1, 0.15) is 23.7 Å². The summed E-state index contributed by atoms with van der Waals surface area (Å²) < 4.78 is 12.4. The van der Waals surface area contributed by atoms with Crippen LogP contribution in [0.25, 0.3) is 12.2 Å². The summed E-state index contributed by atoms with van der Waals surface area (Å²) in [6.07, 6.45) is 13.9. The van der Waals surface area contributed by atoms with Crippen molar-refractivity contribution in [1.29, 1.82) is 0 Å². The van der Waals surface area contributed by atoms with E-state index in [0.717, 1.165) is 37.1 Å². The number of carbonyl (C=O) groups is 1. The SMILES string of the molecule is CCN(CC)c1ccc(C=CC(=O)c2ccc(OCC=C(C)CCC=C(C)C)c3c2OC(C)(C)C=C3)cc1. The Hall–Kier alpha value is -3.53. The quantitative estimate of drug-likeness (QED) is 0.162. The number of fused-ring (bicyclic) bond motifs is 1. The van der Waals surface area contributed by atoms with E-state index < -0.39 is 5.60 Å². The van der Waals surface area contributed by atoms with Crippen LogP contribution in [0.2, 0.25) is 0 Å². The lowest BCUT2D eigenvalue weighted by Gasteiger charge is -2.30. The van der Waals surface area contributed by atoms with Crippen LogP contribution in [0.1, 0.15) is 82.8 Å². The summed E-state index contributed by atoms with van der Waals surface area (Å²) in [4.78, 5) is 15.6. The van der Waals surface area contributed by atoms with Gasteiger partial charge in [0.25, 0.3) is 0 Å². The van der Waals surface area contributed by atoms with Gasteiger partial charge in [0.15, 0.2) is 5.78 Å². The Labute approximate surface area is 229 Å². The monoisotopic (exact) mass is 513 g/mol. The van der Waals surface area contributed by atoms with E-state index in [2.05, 4.69) is 63.8 Å². The fourth-order valence-electron chi connectivity index (χ4n) is 4.36. The van der Waals surface area contributed by atoms with Crippen molar-refractivity contribution in [3.63, 3.8) is 0 Å². The molecule has 38 heavy (non-hydrogen) atoms. The maximum Gasteiger partial charge on any atom is 0.189 e. The van der Waals surface area contributed by atoms with Crippen LogP contribution in [-0.4, -0.2) is 31.1 Å². The van der Waals surface area contributed by atoms with Gasteiger partial charge in [0.2, 0.25) is 0 Å². The number of carbonyl (C=O) groups excluding carboxylic acids is 1. The lowest BCUT2D eigenvalue weighted by molar-refractivity contribution is 0.103. The van der Waals surface area contributed by atoms with E-state index in [-0.39, 0.29) is 5.78 Å². The molecule has 0 radical (unpaired) electrons. The molecule has 0 saturated carbocycles.